The molecule has 0 amide bonds. The highest BCUT2D eigenvalue weighted by Crippen LogP contribution is 2.18. The van der Waals surface area contributed by atoms with E-state index in [2.05, 4.69) is 81.5 Å². The number of carbonyl (C=O) groups is 3. The molecule has 0 aliphatic heterocycles. The molecule has 0 fully saturated rings. The van der Waals surface area contributed by atoms with Gasteiger partial charge in [-0.1, -0.05) is 338 Å². The number of ether oxygens (including phenoxy) is 3. The maximum atomic E-state index is 12.9. The van der Waals surface area contributed by atoms with E-state index in [1.165, 1.54) is 257 Å². The van der Waals surface area contributed by atoms with Crippen LogP contribution in [0.5, 0.6) is 0 Å². The fourth-order valence-corrected chi connectivity index (χ4v) is 10.7. The fourth-order valence-electron chi connectivity index (χ4n) is 10.7. The van der Waals surface area contributed by atoms with Gasteiger partial charge in [0.15, 0.2) is 6.10 Å². The summed E-state index contributed by atoms with van der Waals surface area (Å²) in [5.41, 5.74) is 0. The lowest BCUT2D eigenvalue weighted by Crippen LogP contribution is -2.30. The molecule has 81 heavy (non-hydrogen) atoms. The van der Waals surface area contributed by atoms with Crippen molar-refractivity contribution in [1.29, 1.82) is 0 Å². The van der Waals surface area contributed by atoms with Crippen molar-refractivity contribution in [3.8, 4) is 0 Å². The van der Waals surface area contributed by atoms with Crippen molar-refractivity contribution in [3.63, 3.8) is 0 Å². The van der Waals surface area contributed by atoms with E-state index in [1.807, 2.05) is 0 Å². The third-order valence-corrected chi connectivity index (χ3v) is 16.0. The van der Waals surface area contributed by atoms with E-state index in [1.54, 1.807) is 0 Å². The van der Waals surface area contributed by atoms with Crippen molar-refractivity contribution in [2.75, 3.05) is 13.2 Å². The van der Waals surface area contributed by atoms with Gasteiger partial charge in [-0.05, 0) is 83.5 Å². The molecule has 0 aliphatic carbocycles. The third kappa shape index (κ3) is 67.8. The molecular weight excluding hydrogens is 997 g/mol. The van der Waals surface area contributed by atoms with Crippen LogP contribution in [-0.2, 0) is 28.6 Å². The largest absolute Gasteiger partial charge is 0.462 e. The third-order valence-electron chi connectivity index (χ3n) is 16.0. The minimum atomic E-state index is -0.772. The lowest BCUT2D eigenvalue weighted by Gasteiger charge is -2.18. The Morgan fingerprint density at radius 1 is 0.259 bits per heavy atom. The molecule has 6 nitrogen and oxygen atoms in total. The summed E-state index contributed by atoms with van der Waals surface area (Å²) in [5, 5.41) is 0. The highest BCUT2D eigenvalue weighted by molar-refractivity contribution is 5.71. The number of carbonyl (C=O) groups excluding carboxylic acids is 3. The van der Waals surface area contributed by atoms with Crippen molar-refractivity contribution in [3.05, 3.63) is 60.8 Å². The summed E-state index contributed by atoms with van der Waals surface area (Å²) in [6.07, 6.45) is 90.1. The summed E-state index contributed by atoms with van der Waals surface area (Å²) in [6, 6.07) is 0. The zero-order chi connectivity index (χ0) is 58.5. The smallest absolute Gasteiger partial charge is 0.306 e. The van der Waals surface area contributed by atoms with E-state index in [4.69, 9.17) is 14.2 Å². The predicted octanol–water partition coefficient (Wildman–Crippen LogP) is 24.7. The topological polar surface area (TPSA) is 78.9 Å². The second-order valence-electron chi connectivity index (χ2n) is 24.1. The zero-order valence-electron chi connectivity index (χ0n) is 54.3. The van der Waals surface area contributed by atoms with Crippen LogP contribution in [0.15, 0.2) is 60.8 Å². The normalized spacial score (nSPS) is 12.4. The Morgan fingerprint density at radius 3 is 0.765 bits per heavy atom. The molecule has 0 aromatic rings. The van der Waals surface area contributed by atoms with Gasteiger partial charge in [0.25, 0.3) is 0 Å². The lowest BCUT2D eigenvalue weighted by atomic mass is 10.0. The van der Waals surface area contributed by atoms with Gasteiger partial charge in [0.2, 0.25) is 0 Å². The molecule has 0 bridgehead atoms. The summed E-state index contributed by atoms with van der Waals surface area (Å²) < 4.78 is 16.9. The Morgan fingerprint density at radius 2 is 0.481 bits per heavy atom. The van der Waals surface area contributed by atoms with E-state index in [0.29, 0.717) is 19.3 Å². The Hall–Kier alpha value is -2.89. The van der Waals surface area contributed by atoms with Crippen LogP contribution in [0.1, 0.15) is 380 Å². The number of esters is 3. The first-order chi connectivity index (χ1) is 40.0. The SMILES string of the molecule is CC/C=C\C/C=C\C/C=C\C/C=C\CCCCCCCCCCCCCCC(=O)OC(COC(=O)CCCCCCCCC)COC(=O)CCCCCCCCCCCCCCCCCCCCC/C=C\CCCCCCCCCC. The Kier molecular flexibility index (Phi) is 67.1. The molecule has 0 saturated carbocycles. The first-order valence-corrected chi connectivity index (χ1v) is 35.8. The number of rotatable bonds is 66. The van der Waals surface area contributed by atoms with E-state index in [0.717, 1.165) is 83.5 Å². The molecular formula is C75H136O6. The van der Waals surface area contributed by atoms with Crippen LogP contribution < -0.4 is 0 Å². The standard InChI is InChI=1S/C75H136O6/c1-4-7-10-13-16-18-20-22-24-26-28-30-32-34-35-36-37-38-39-41-42-44-46-48-50-52-54-56-59-62-65-68-74(77)80-71-72(70-79-73(76)67-64-61-58-15-12-9-6-3)81-75(78)69-66-63-60-57-55-53-51-49-47-45-43-40-33-31-29-27-25-23-21-19-17-14-11-8-5-2/h8,11,17,19,23,25-26,28-29,31,72H,4-7,9-10,12-16,18,20-22,24,27,30,32-71H2,1-3H3/b11-8-,19-17-,25-23-,28-26-,31-29-. The summed E-state index contributed by atoms with van der Waals surface area (Å²) in [7, 11) is 0. The highest BCUT2D eigenvalue weighted by Gasteiger charge is 2.19. The summed E-state index contributed by atoms with van der Waals surface area (Å²) in [5.74, 6) is -0.857. The molecule has 0 spiro atoms. The van der Waals surface area contributed by atoms with E-state index in [-0.39, 0.29) is 31.1 Å². The first-order valence-electron chi connectivity index (χ1n) is 35.8. The number of unbranched alkanes of at least 4 members (excludes halogenated alkanes) is 45. The second-order valence-corrected chi connectivity index (χ2v) is 24.1. The van der Waals surface area contributed by atoms with Gasteiger partial charge in [-0.2, -0.15) is 0 Å². The van der Waals surface area contributed by atoms with Gasteiger partial charge >= 0.3 is 17.9 Å². The van der Waals surface area contributed by atoms with E-state index < -0.39 is 6.10 Å². The van der Waals surface area contributed by atoms with Crippen molar-refractivity contribution in [2.24, 2.45) is 0 Å². The van der Waals surface area contributed by atoms with E-state index >= 15 is 0 Å². The molecule has 0 aliphatic rings. The van der Waals surface area contributed by atoms with Crippen molar-refractivity contribution in [1.82, 2.24) is 0 Å². The molecule has 1 atom stereocenters. The molecule has 0 radical (unpaired) electrons. The van der Waals surface area contributed by atoms with Crippen LogP contribution in [0.25, 0.3) is 0 Å². The van der Waals surface area contributed by atoms with Crippen LogP contribution in [0, 0.1) is 0 Å². The molecule has 0 aromatic carbocycles. The highest BCUT2D eigenvalue weighted by atomic mass is 16.6. The molecule has 0 N–H and O–H groups in total. The van der Waals surface area contributed by atoms with Crippen LogP contribution in [0.2, 0.25) is 0 Å². The number of hydrogen-bond acceptors (Lipinski definition) is 6. The maximum absolute atomic E-state index is 12.9. The van der Waals surface area contributed by atoms with Crippen molar-refractivity contribution >= 4 is 17.9 Å². The van der Waals surface area contributed by atoms with Crippen LogP contribution in [0.4, 0.5) is 0 Å². The molecule has 0 saturated heterocycles. The van der Waals surface area contributed by atoms with Gasteiger partial charge in [0.1, 0.15) is 13.2 Å². The molecule has 0 heterocycles. The number of hydrogen-bond donors (Lipinski definition) is 0. The quantitative estimate of drug-likeness (QED) is 0.0261. The van der Waals surface area contributed by atoms with Crippen molar-refractivity contribution in [2.45, 2.75) is 386 Å². The van der Waals surface area contributed by atoms with E-state index in [9.17, 15) is 14.4 Å². The van der Waals surface area contributed by atoms with Gasteiger partial charge in [-0.15, -0.1) is 0 Å². The molecule has 1 unspecified atom stereocenters. The summed E-state index contributed by atoms with van der Waals surface area (Å²) >= 11 is 0. The van der Waals surface area contributed by atoms with Gasteiger partial charge in [0.05, 0.1) is 0 Å². The molecule has 472 valence electrons. The van der Waals surface area contributed by atoms with Gasteiger partial charge in [-0.25, -0.2) is 0 Å². The van der Waals surface area contributed by atoms with Gasteiger partial charge < -0.3 is 14.2 Å². The van der Waals surface area contributed by atoms with Crippen LogP contribution in [0.3, 0.4) is 0 Å². The number of allylic oxidation sites excluding steroid dienone is 10. The van der Waals surface area contributed by atoms with Crippen LogP contribution in [-0.4, -0.2) is 37.2 Å². The molecule has 0 aromatic heterocycles. The monoisotopic (exact) mass is 1130 g/mol. The van der Waals surface area contributed by atoms with Crippen molar-refractivity contribution < 1.29 is 28.6 Å². The van der Waals surface area contributed by atoms with Gasteiger partial charge in [0, 0.05) is 19.3 Å². The van der Waals surface area contributed by atoms with Gasteiger partial charge in [-0.3, -0.25) is 14.4 Å². The van der Waals surface area contributed by atoms with Crippen LogP contribution >= 0.6 is 0 Å². The maximum Gasteiger partial charge on any atom is 0.306 e. The first kappa shape index (κ1) is 78.1. The Bertz CT molecular complexity index is 1440. The lowest BCUT2D eigenvalue weighted by molar-refractivity contribution is -0.167. The predicted molar refractivity (Wildman–Crippen MR) is 353 cm³/mol. The molecule has 0 rings (SSSR count). The Balaban J connectivity index is 4.01. The molecule has 6 heteroatoms. The average molecular weight is 1130 g/mol. The minimum Gasteiger partial charge on any atom is -0.462 e. The minimum absolute atomic E-state index is 0.0701. The zero-order valence-corrected chi connectivity index (χ0v) is 54.3. The summed E-state index contributed by atoms with van der Waals surface area (Å²) in [6.45, 7) is 6.54. The fraction of sp³-hybridized carbons (Fsp3) is 0.827. The second kappa shape index (κ2) is 69.6. The average Bonchev–Trinajstić information content (AvgIpc) is 3.46. The Labute approximate surface area is 504 Å². The summed E-state index contributed by atoms with van der Waals surface area (Å²) in [4.78, 5) is 38.2.